The Morgan fingerprint density at radius 2 is 1.78 bits per heavy atom. The molecule has 0 aliphatic heterocycles. The number of H-pyrrole nitrogens is 1. The van der Waals surface area contributed by atoms with Crippen LogP contribution in [-0.2, 0) is 0 Å². The average molecular weight is 302 g/mol. The van der Waals surface area contributed by atoms with Gasteiger partial charge in [-0.3, -0.25) is 0 Å². The lowest BCUT2D eigenvalue weighted by atomic mass is 10.0. The summed E-state index contributed by atoms with van der Waals surface area (Å²) < 4.78 is 5.40. The van der Waals surface area contributed by atoms with E-state index < -0.39 is 0 Å². The minimum absolute atomic E-state index is 0.580. The molecule has 3 heterocycles. The van der Waals surface area contributed by atoms with Gasteiger partial charge in [0.05, 0.1) is 18.2 Å². The third kappa shape index (κ3) is 2.23. The number of aromatic nitrogens is 4. The Kier molecular flexibility index (Phi) is 3.24. The molecular weight excluding hydrogens is 288 g/mol. The number of benzene rings is 1. The van der Waals surface area contributed by atoms with Crippen LogP contribution in [0.2, 0.25) is 0 Å². The summed E-state index contributed by atoms with van der Waals surface area (Å²) in [5, 5.41) is 0.963. The molecule has 0 aliphatic rings. The molecule has 5 nitrogen and oxygen atoms in total. The molecule has 0 unspecified atom stereocenters. The fourth-order valence-electron chi connectivity index (χ4n) is 2.75. The number of nitrogens with one attached hydrogen (secondary N) is 1. The van der Waals surface area contributed by atoms with E-state index >= 15 is 0 Å². The lowest BCUT2D eigenvalue weighted by molar-refractivity contribution is 0.400. The molecule has 0 saturated heterocycles. The highest BCUT2D eigenvalue weighted by Crippen LogP contribution is 2.37. The molecule has 23 heavy (non-hydrogen) atoms. The number of hydrogen-bond acceptors (Lipinski definition) is 4. The first kappa shape index (κ1) is 13.5. The van der Waals surface area contributed by atoms with Crippen molar-refractivity contribution >= 4 is 11.0 Å². The Morgan fingerprint density at radius 1 is 0.913 bits per heavy atom. The molecule has 0 atom stereocenters. The minimum atomic E-state index is 0.580. The zero-order valence-electron chi connectivity index (χ0n) is 12.5. The second-order valence-corrected chi connectivity index (χ2v) is 5.07. The molecule has 0 aliphatic carbocycles. The van der Waals surface area contributed by atoms with Gasteiger partial charge in [-0.05, 0) is 12.1 Å². The number of rotatable bonds is 3. The maximum Gasteiger partial charge on any atom is 0.221 e. The third-order valence-electron chi connectivity index (χ3n) is 3.77. The predicted octanol–water partition coefficient (Wildman–Crippen LogP) is 3.70. The molecular formula is C18H14N4O. The number of methoxy groups -OCH3 is 1. The third-order valence-corrected chi connectivity index (χ3v) is 3.77. The van der Waals surface area contributed by atoms with Crippen LogP contribution in [0.15, 0.2) is 61.2 Å². The van der Waals surface area contributed by atoms with Crippen molar-refractivity contribution in [3.05, 3.63) is 61.2 Å². The molecule has 112 valence electrons. The summed E-state index contributed by atoms with van der Waals surface area (Å²) in [6, 6.07) is 13.9. The molecule has 4 aromatic rings. The van der Waals surface area contributed by atoms with E-state index in [-0.39, 0.29) is 0 Å². The van der Waals surface area contributed by atoms with Crippen LogP contribution in [0.25, 0.3) is 33.4 Å². The van der Waals surface area contributed by atoms with E-state index in [1.54, 1.807) is 19.6 Å². The Hall–Kier alpha value is -3.21. The molecule has 1 aromatic carbocycles. The molecule has 0 fully saturated rings. The molecule has 0 amide bonds. The van der Waals surface area contributed by atoms with Crippen LogP contribution in [0.3, 0.4) is 0 Å². The second kappa shape index (κ2) is 5.53. The zero-order valence-corrected chi connectivity index (χ0v) is 12.5. The highest BCUT2D eigenvalue weighted by molar-refractivity contribution is 6.03. The summed E-state index contributed by atoms with van der Waals surface area (Å²) >= 11 is 0. The Bertz CT molecular complexity index is 963. The first-order valence-corrected chi connectivity index (χ1v) is 7.25. The lowest BCUT2D eigenvalue weighted by Gasteiger charge is -2.08. The van der Waals surface area contributed by atoms with Gasteiger partial charge in [0.1, 0.15) is 12.0 Å². The highest BCUT2D eigenvalue weighted by atomic mass is 16.5. The van der Waals surface area contributed by atoms with E-state index in [0.717, 1.165) is 33.4 Å². The second-order valence-electron chi connectivity index (χ2n) is 5.07. The van der Waals surface area contributed by atoms with Crippen LogP contribution in [0.1, 0.15) is 0 Å². The molecule has 0 saturated carbocycles. The maximum atomic E-state index is 5.40. The Balaban J connectivity index is 2.03. The fourth-order valence-corrected chi connectivity index (χ4v) is 2.75. The Labute approximate surface area is 133 Å². The van der Waals surface area contributed by atoms with E-state index in [0.29, 0.717) is 5.88 Å². The number of ether oxygens (including phenoxy) is 1. The van der Waals surface area contributed by atoms with Crippen molar-refractivity contribution in [1.29, 1.82) is 0 Å². The van der Waals surface area contributed by atoms with Crippen molar-refractivity contribution in [3.63, 3.8) is 0 Å². The molecule has 0 radical (unpaired) electrons. The molecule has 5 heteroatoms. The molecule has 4 rings (SSSR count). The van der Waals surface area contributed by atoms with E-state index in [4.69, 9.17) is 4.74 Å². The number of pyridine rings is 1. The van der Waals surface area contributed by atoms with Gasteiger partial charge in [0, 0.05) is 29.1 Å². The minimum Gasteiger partial charge on any atom is -0.481 e. The standard InChI is InChI=1S/C18H14N4O/c1-23-18-13(8-5-9-19-18)14-10-20-17-15(14)16(21-11-22-17)12-6-3-2-4-7-12/h2-11H,1H3,(H,20,21,22). The van der Waals surface area contributed by atoms with Crippen LogP contribution < -0.4 is 4.74 Å². The summed E-state index contributed by atoms with van der Waals surface area (Å²) in [4.78, 5) is 16.3. The maximum absolute atomic E-state index is 5.40. The van der Waals surface area contributed by atoms with Gasteiger partial charge in [-0.25, -0.2) is 15.0 Å². The van der Waals surface area contributed by atoms with Crippen LogP contribution >= 0.6 is 0 Å². The molecule has 1 N–H and O–H groups in total. The van der Waals surface area contributed by atoms with Gasteiger partial charge in [-0.1, -0.05) is 30.3 Å². The lowest BCUT2D eigenvalue weighted by Crippen LogP contribution is -1.92. The summed E-state index contributed by atoms with van der Waals surface area (Å²) in [5.41, 5.74) is 4.61. The van der Waals surface area contributed by atoms with Crippen molar-refractivity contribution in [1.82, 2.24) is 19.9 Å². The number of fused-ring (bicyclic) bond motifs is 1. The highest BCUT2D eigenvalue weighted by Gasteiger charge is 2.16. The van der Waals surface area contributed by atoms with Gasteiger partial charge in [-0.2, -0.15) is 0 Å². The van der Waals surface area contributed by atoms with Crippen molar-refractivity contribution in [3.8, 4) is 28.3 Å². The summed E-state index contributed by atoms with van der Waals surface area (Å²) in [6.45, 7) is 0. The van der Waals surface area contributed by atoms with Gasteiger partial charge < -0.3 is 9.72 Å². The monoisotopic (exact) mass is 302 g/mol. The van der Waals surface area contributed by atoms with Crippen LogP contribution in [0.5, 0.6) is 5.88 Å². The summed E-state index contributed by atoms with van der Waals surface area (Å²) in [6.07, 6.45) is 5.21. The zero-order chi connectivity index (χ0) is 15.6. The Morgan fingerprint density at radius 3 is 2.61 bits per heavy atom. The number of nitrogens with zero attached hydrogens (tertiary/aromatic N) is 3. The smallest absolute Gasteiger partial charge is 0.221 e. The van der Waals surface area contributed by atoms with E-state index in [1.165, 1.54) is 0 Å². The largest absolute Gasteiger partial charge is 0.481 e. The van der Waals surface area contributed by atoms with Crippen LogP contribution in [-0.4, -0.2) is 27.0 Å². The SMILES string of the molecule is COc1ncccc1-c1c[nH]c2ncnc(-c3ccccc3)c12. The van der Waals surface area contributed by atoms with Crippen molar-refractivity contribution in [2.45, 2.75) is 0 Å². The topological polar surface area (TPSA) is 63.7 Å². The first-order chi connectivity index (χ1) is 11.4. The number of hydrogen-bond donors (Lipinski definition) is 1. The fraction of sp³-hybridized carbons (Fsp3) is 0.0556. The van der Waals surface area contributed by atoms with Crippen molar-refractivity contribution in [2.24, 2.45) is 0 Å². The normalized spacial score (nSPS) is 10.8. The summed E-state index contributed by atoms with van der Waals surface area (Å²) in [7, 11) is 1.62. The van der Waals surface area contributed by atoms with Gasteiger partial charge >= 0.3 is 0 Å². The van der Waals surface area contributed by atoms with E-state index in [1.807, 2.05) is 48.7 Å². The van der Waals surface area contributed by atoms with Crippen LogP contribution in [0.4, 0.5) is 0 Å². The first-order valence-electron chi connectivity index (χ1n) is 7.25. The van der Waals surface area contributed by atoms with E-state index in [2.05, 4.69) is 19.9 Å². The predicted molar refractivity (Wildman–Crippen MR) is 89.1 cm³/mol. The molecule has 0 spiro atoms. The van der Waals surface area contributed by atoms with Gasteiger partial charge in [0.2, 0.25) is 5.88 Å². The van der Waals surface area contributed by atoms with Gasteiger partial charge in [0.15, 0.2) is 0 Å². The summed E-state index contributed by atoms with van der Waals surface area (Å²) in [5.74, 6) is 0.580. The van der Waals surface area contributed by atoms with Crippen molar-refractivity contribution in [2.75, 3.05) is 7.11 Å². The van der Waals surface area contributed by atoms with Crippen molar-refractivity contribution < 1.29 is 4.74 Å². The van der Waals surface area contributed by atoms with Gasteiger partial charge in [-0.15, -0.1) is 0 Å². The number of aromatic amines is 1. The molecule has 0 bridgehead atoms. The van der Waals surface area contributed by atoms with E-state index in [9.17, 15) is 0 Å². The quantitative estimate of drug-likeness (QED) is 0.627. The van der Waals surface area contributed by atoms with Gasteiger partial charge in [0.25, 0.3) is 0 Å². The average Bonchev–Trinajstić information content (AvgIpc) is 3.06. The van der Waals surface area contributed by atoms with Crippen LogP contribution in [0, 0.1) is 0 Å². The molecule has 3 aromatic heterocycles.